The zero-order valence-corrected chi connectivity index (χ0v) is 2.64. The molecule has 0 amide bonds. The average molecular weight is 72.1 g/mol. The smallest absolute Gasteiger partial charge is 0.154 e. The van der Waals surface area contributed by atoms with E-state index in [0.717, 1.165) is 0 Å². The van der Waals surface area contributed by atoms with Crippen LogP contribution in [0.3, 0.4) is 0 Å². The van der Waals surface area contributed by atoms with Crippen LogP contribution in [0.1, 0.15) is 0 Å². The summed E-state index contributed by atoms with van der Waals surface area (Å²) in [6.07, 6.45) is 0. The highest BCUT2D eigenvalue weighted by Crippen LogP contribution is 1.48. The minimum Gasteiger partial charge on any atom is -0.289 e. The highest BCUT2D eigenvalue weighted by molar-refractivity contribution is 4.64. The summed E-state index contributed by atoms with van der Waals surface area (Å²) in [6, 6.07) is 1.67. The molecule has 0 heterocycles. The SMILES string of the molecule is N#CCON. The number of hydrogen-bond donors (Lipinski definition) is 1. The van der Waals surface area contributed by atoms with Gasteiger partial charge in [0.05, 0.1) is 6.07 Å². The normalized spacial score (nSPS) is 6.40. The van der Waals surface area contributed by atoms with Crippen LogP contribution in [0.4, 0.5) is 0 Å². The Morgan fingerprint density at radius 1 is 2.00 bits per heavy atom. The van der Waals surface area contributed by atoms with Crippen molar-refractivity contribution >= 4 is 0 Å². The van der Waals surface area contributed by atoms with E-state index in [1.165, 1.54) is 0 Å². The van der Waals surface area contributed by atoms with E-state index in [4.69, 9.17) is 5.26 Å². The molecule has 0 aliphatic rings. The lowest BCUT2D eigenvalue weighted by Crippen LogP contribution is -1.96. The van der Waals surface area contributed by atoms with Crippen molar-refractivity contribution in [1.29, 1.82) is 5.26 Å². The predicted octanol–water partition coefficient (Wildman–Crippen LogP) is -0.600. The van der Waals surface area contributed by atoms with Gasteiger partial charge in [0, 0.05) is 0 Å². The monoisotopic (exact) mass is 72.0 g/mol. The summed E-state index contributed by atoms with van der Waals surface area (Å²) in [5.74, 6) is 4.42. The summed E-state index contributed by atoms with van der Waals surface area (Å²) < 4.78 is 0. The van der Waals surface area contributed by atoms with Gasteiger partial charge in [0.15, 0.2) is 6.61 Å². The largest absolute Gasteiger partial charge is 0.289 e. The van der Waals surface area contributed by atoms with E-state index in [1.54, 1.807) is 6.07 Å². The van der Waals surface area contributed by atoms with Crippen LogP contribution in [0.2, 0.25) is 0 Å². The molecule has 2 N–H and O–H groups in total. The first-order valence-corrected chi connectivity index (χ1v) is 1.10. The highest BCUT2D eigenvalue weighted by Gasteiger charge is 1.63. The molecule has 0 fully saturated rings. The number of nitriles is 1. The minimum absolute atomic E-state index is 0.0278. The molecule has 0 bridgehead atoms. The van der Waals surface area contributed by atoms with E-state index in [-0.39, 0.29) is 6.61 Å². The third kappa shape index (κ3) is 3.41. The lowest BCUT2D eigenvalue weighted by atomic mass is 10.9. The van der Waals surface area contributed by atoms with E-state index < -0.39 is 0 Å². The lowest BCUT2D eigenvalue weighted by Gasteiger charge is -1.73. The van der Waals surface area contributed by atoms with E-state index in [9.17, 15) is 0 Å². The second-order valence-electron chi connectivity index (χ2n) is 0.469. The first kappa shape index (κ1) is 4.41. The van der Waals surface area contributed by atoms with Gasteiger partial charge in [-0.1, -0.05) is 0 Å². The van der Waals surface area contributed by atoms with Gasteiger partial charge >= 0.3 is 0 Å². The topological polar surface area (TPSA) is 59.0 Å². The summed E-state index contributed by atoms with van der Waals surface area (Å²) >= 11 is 0. The fourth-order valence-electron chi connectivity index (χ4n) is 0.0373. The molecular formula is C2H4N2O. The summed E-state index contributed by atoms with van der Waals surface area (Å²) in [5, 5.41) is 7.61. The van der Waals surface area contributed by atoms with Crippen LogP contribution < -0.4 is 5.90 Å². The Hall–Kier alpha value is -0.590. The van der Waals surface area contributed by atoms with Crippen LogP contribution in [0, 0.1) is 11.3 Å². The van der Waals surface area contributed by atoms with Gasteiger partial charge in [-0.3, -0.25) is 4.84 Å². The highest BCUT2D eigenvalue weighted by atomic mass is 16.6. The van der Waals surface area contributed by atoms with Gasteiger partial charge in [-0.15, -0.1) is 0 Å². The first-order chi connectivity index (χ1) is 2.41. The molecule has 0 radical (unpaired) electrons. The van der Waals surface area contributed by atoms with Gasteiger partial charge in [0.25, 0.3) is 0 Å². The zero-order valence-electron chi connectivity index (χ0n) is 2.64. The van der Waals surface area contributed by atoms with Crippen LogP contribution >= 0.6 is 0 Å². The Morgan fingerprint density at radius 3 is 2.60 bits per heavy atom. The molecule has 0 unspecified atom stereocenters. The second-order valence-corrected chi connectivity index (χ2v) is 0.469. The van der Waals surface area contributed by atoms with Gasteiger partial charge in [-0.2, -0.15) is 5.26 Å². The molecule has 0 aromatic rings. The fourth-order valence-corrected chi connectivity index (χ4v) is 0.0373. The van der Waals surface area contributed by atoms with Crippen molar-refractivity contribution in [2.24, 2.45) is 5.90 Å². The summed E-state index contributed by atoms with van der Waals surface area (Å²) in [6.45, 7) is -0.0278. The number of hydrogen-bond acceptors (Lipinski definition) is 3. The Bertz CT molecular complexity index is 46.1. The number of nitrogens with zero attached hydrogens (tertiary/aromatic N) is 1. The van der Waals surface area contributed by atoms with E-state index in [0.29, 0.717) is 0 Å². The maximum absolute atomic E-state index is 7.61. The molecule has 5 heavy (non-hydrogen) atoms. The maximum Gasteiger partial charge on any atom is 0.154 e. The van der Waals surface area contributed by atoms with Crippen molar-refractivity contribution in [3.63, 3.8) is 0 Å². The lowest BCUT2D eigenvalue weighted by molar-refractivity contribution is 0.172. The standard InChI is InChI=1S/C2H4N2O/c3-1-2-5-4/h2,4H2. The molecule has 0 aliphatic heterocycles. The van der Waals surface area contributed by atoms with Gasteiger partial charge in [0.2, 0.25) is 0 Å². The molecule has 3 nitrogen and oxygen atoms in total. The van der Waals surface area contributed by atoms with Gasteiger partial charge in [-0.05, 0) is 0 Å². The van der Waals surface area contributed by atoms with Gasteiger partial charge in [-0.25, -0.2) is 5.90 Å². The van der Waals surface area contributed by atoms with Crippen molar-refractivity contribution in [3.8, 4) is 6.07 Å². The number of rotatable bonds is 1. The second kappa shape index (κ2) is 3.41. The minimum atomic E-state index is -0.0278. The Kier molecular flexibility index (Phi) is 3.01. The average Bonchev–Trinajstić information content (AvgIpc) is 1.41. The van der Waals surface area contributed by atoms with Crippen LogP contribution in [-0.4, -0.2) is 6.61 Å². The molecular weight excluding hydrogens is 68.0 g/mol. The number of nitrogens with two attached hydrogens (primary N) is 1. The molecule has 0 aliphatic carbocycles. The van der Waals surface area contributed by atoms with Crippen molar-refractivity contribution in [2.45, 2.75) is 0 Å². The summed E-state index contributed by atoms with van der Waals surface area (Å²) in [7, 11) is 0. The molecule has 0 saturated heterocycles. The van der Waals surface area contributed by atoms with Gasteiger partial charge in [0.1, 0.15) is 0 Å². The predicted molar refractivity (Wildman–Crippen MR) is 15.8 cm³/mol. The molecule has 0 aromatic carbocycles. The molecule has 3 heteroatoms. The zero-order chi connectivity index (χ0) is 4.12. The van der Waals surface area contributed by atoms with Gasteiger partial charge < -0.3 is 0 Å². The third-order valence-corrected chi connectivity index (χ3v) is 0.148. The molecule has 0 atom stereocenters. The van der Waals surface area contributed by atoms with Crippen molar-refractivity contribution in [2.75, 3.05) is 6.61 Å². The Morgan fingerprint density at radius 2 is 2.60 bits per heavy atom. The van der Waals surface area contributed by atoms with Crippen LogP contribution in [-0.2, 0) is 4.84 Å². The van der Waals surface area contributed by atoms with Crippen molar-refractivity contribution in [1.82, 2.24) is 0 Å². The summed E-state index contributed by atoms with van der Waals surface area (Å²) in [4.78, 5) is 3.83. The van der Waals surface area contributed by atoms with Crippen LogP contribution in [0.15, 0.2) is 0 Å². The molecule has 0 saturated carbocycles. The van der Waals surface area contributed by atoms with E-state index >= 15 is 0 Å². The molecule has 0 aromatic heterocycles. The maximum atomic E-state index is 7.61. The Labute approximate surface area is 29.9 Å². The Balaban J connectivity index is 2.48. The van der Waals surface area contributed by atoms with Crippen molar-refractivity contribution < 1.29 is 4.84 Å². The van der Waals surface area contributed by atoms with Crippen LogP contribution in [0.5, 0.6) is 0 Å². The van der Waals surface area contributed by atoms with Crippen molar-refractivity contribution in [3.05, 3.63) is 0 Å². The third-order valence-electron chi connectivity index (χ3n) is 0.148. The summed E-state index contributed by atoms with van der Waals surface area (Å²) in [5.41, 5.74) is 0. The van der Waals surface area contributed by atoms with E-state index in [1.807, 2.05) is 0 Å². The molecule has 0 rings (SSSR count). The van der Waals surface area contributed by atoms with Crippen LogP contribution in [0.25, 0.3) is 0 Å². The molecule has 0 spiro atoms. The van der Waals surface area contributed by atoms with E-state index in [2.05, 4.69) is 10.7 Å². The fraction of sp³-hybridized carbons (Fsp3) is 0.500. The first-order valence-electron chi connectivity index (χ1n) is 1.10. The quantitative estimate of drug-likeness (QED) is 0.421. The molecule has 28 valence electrons.